The fraction of sp³-hybridized carbons (Fsp3) is 0.545. The highest BCUT2D eigenvalue weighted by atomic mass is 16.6. The SMILES string of the molecule is C[C@H](C[C@H](NC(=O)[C@@H]1CCCN1C(=O)OCC1c2ccccc2-c2ccccc21)C(C)(C)C)C[C@H](O)[C@H](C)C(=O)O. The van der Waals surface area contributed by atoms with Gasteiger partial charge in [0.15, 0.2) is 0 Å². The Morgan fingerprint density at radius 3 is 2.15 bits per heavy atom. The summed E-state index contributed by atoms with van der Waals surface area (Å²) in [5.41, 5.74) is 4.33. The van der Waals surface area contributed by atoms with Gasteiger partial charge in [0, 0.05) is 18.5 Å². The summed E-state index contributed by atoms with van der Waals surface area (Å²) in [7, 11) is 0. The summed E-state index contributed by atoms with van der Waals surface area (Å²) in [4.78, 5) is 39.6. The second-order valence-electron chi connectivity index (χ2n) is 12.9. The van der Waals surface area contributed by atoms with E-state index in [4.69, 9.17) is 4.74 Å². The lowest BCUT2D eigenvalue weighted by molar-refractivity contribution is -0.145. The highest BCUT2D eigenvalue weighted by molar-refractivity contribution is 5.86. The first kappa shape index (κ1) is 30.6. The van der Waals surface area contributed by atoms with Crippen molar-refractivity contribution >= 4 is 18.0 Å². The van der Waals surface area contributed by atoms with Crippen LogP contribution in [-0.4, -0.2) is 64.4 Å². The van der Waals surface area contributed by atoms with Crippen LogP contribution in [0.3, 0.4) is 0 Å². The van der Waals surface area contributed by atoms with E-state index >= 15 is 0 Å². The molecular formula is C33H44N2O6. The van der Waals surface area contributed by atoms with Gasteiger partial charge in [0.05, 0.1) is 12.0 Å². The van der Waals surface area contributed by atoms with Crippen LogP contribution in [0.15, 0.2) is 48.5 Å². The number of rotatable bonds is 10. The molecule has 1 saturated heterocycles. The molecule has 4 rings (SSSR count). The van der Waals surface area contributed by atoms with Crippen molar-refractivity contribution in [2.75, 3.05) is 13.2 Å². The van der Waals surface area contributed by atoms with E-state index in [1.807, 2.05) is 52.0 Å². The van der Waals surface area contributed by atoms with E-state index in [1.165, 1.54) is 6.92 Å². The van der Waals surface area contributed by atoms with E-state index in [0.717, 1.165) is 28.7 Å². The molecule has 5 atom stereocenters. The van der Waals surface area contributed by atoms with Crippen molar-refractivity contribution in [2.45, 2.75) is 84.4 Å². The van der Waals surface area contributed by atoms with Gasteiger partial charge in [-0.3, -0.25) is 14.5 Å². The minimum Gasteiger partial charge on any atom is -0.481 e. The number of fused-ring (bicyclic) bond motifs is 3. The highest BCUT2D eigenvalue weighted by Crippen LogP contribution is 2.44. The number of amides is 2. The van der Waals surface area contributed by atoms with Gasteiger partial charge in [0.25, 0.3) is 0 Å². The second kappa shape index (κ2) is 12.6. The number of likely N-dealkylation sites (tertiary alicyclic amines) is 1. The molecule has 2 aromatic carbocycles. The Morgan fingerprint density at radius 1 is 1.00 bits per heavy atom. The average molecular weight is 565 g/mol. The molecule has 0 spiro atoms. The van der Waals surface area contributed by atoms with Gasteiger partial charge in [-0.1, -0.05) is 76.2 Å². The lowest BCUT2D eigenvalue weighted by Gasteiger charge is -2.35. The summed E-state index contributed by atoms with van der Waals surface area (Å²) in [6, 6.07) is 15.5. The van der Waals surface area contributed by atoms with E-state index in [2.05, 4.69) is 29.6 Å². The Morgan fingerprint density at radius 2 is 1.59 bits per heavy atom. The zero-order valence-electron chi connectivity index (χ0n) is 24.8. The number of aliphatic hydroxyl groups is 1. The van der Waals surface area contributed by atoms with Crippen LogP contribution in [-0.2, 0) is 14.3 Å². The standard InChI is InChI=1S/C33H44N2O6/c1-20(17-28(36)21(2)31(38)39)18-29(33(3,4)5)34-30(37)27-15-10-16-35(27)32(40)41-19-26-24-13-8-6-11-22(24)23-12-7-9-14-25(23)26/h6-9,11-14,20-21,26-29,36H,10,15-19H2,1-5H3,(H,34,37)(H,38,39)/t20-,21-,27-,28-,29-/m0/s1. The number of nitrogens with zero attached hydrogens (tertiary/aromatic N) is 1. The summed E-state index contributed by atoms with van der Waals surface area (Å²) < 4.78 is 5.86. The van der Waals surface area contributed by atoms with Crippen LogP contribution in [0.5, 0.6) is 0 Å². The van der Waals surface area contributed by atoms with Gasteiger partial charge < -0.3 is 20.3 Å². The fourth-order valence-electron chi connectivity index (χ4n) is 6.11. The van der Waals surface area contributed by atoms with Gasteiger partial charge in [-0.05, 0) is 66.2 Å². The number of hydrogen-bond acceptors (Lipinski definition) is 5. The molecule has 0 aromatic heterocycles. The summed E-state index contributed by atoms with van der Waals surface area (Å²) in [5, 5.41) is 22.7. The Bertz CT molecular complexity index is 1210. The van der Waals surface area contributed by atoms with E-state index in [-0.39, 0.29) is 35.8 Å². The monoisotopic (exact) mass is 564 g/mol. The molecule has 0 bridgehead atoms. The first-order valence-corrected chi connectivity index (χ1v) is 14.7. The summed E-state index contributed by atoms with van der Waals surface area (Å²) >= 11 is 0. The number of hydrogen-bond donors (Lipinski definition) is 3. The van der Waals surface area contributed by atoms with Gasteiger partial charge in [-0.15, -0.1) is 0 Å². The number of carboxylic acid groups (broad SMARTS) is 1. The van der Waals surface area contributed by atoms with E-state index in [1.54, 1.807) is 4.90 Å². The van der Waals surface area contributed by atoms with Crippen molar-refractivity contribution in [1.82, 2.24) is 10.2 Å². The Kier molecular flexibility index (Phi) is 9.42. The minimum atomic E-state index is -1.03. The Labute approximate surface area is 243 Å². The molecule has 0 radical (unpaired) electrons. The van der Waals surface area contributed by atoms with Gasteiger partial charge >= 0.3 is 12.1 Å². The van der Waals surface area contributed by atoms with Gasteiger partial charge in [0.2, 0.25) is 5.91 Å². The van der Waals surface area contributed by atoms with Crippen molar-refractivity contribution < 1.29 is 29.3 Å². The number of carboxylic acids is 1. The quantitative estimate of drug-likeness (QED) is 0.355. The number of carbonyl (C=O) groups excluding carboxylic acids is 2. The third kappa shape index (κ3) is 6.92. The van der Waals surface area contributed by atoms with Crippen LogP contribution in [0.1, 0.15) is 77.3 Å². The zero-order valence-corrected chi connectivity index (χ0v) is 24.8. The number of carbonyl (C=O) groups is 3. The molecule has 1 aliphatic carbocycles. The van der Waals surface area contributed by atoms with Crippen LogP contribution >= 0.6 is 0 Å². The van der Waals surface area contributed by atoms with E-state index in [9.17, 15) is 24.6 Å². The van der Waals surface area contributed by atoms with Crippen LogP contribution in [0, 0.1) is 17.3 Å². The normalized spacial score (nSPS) is 19.6. The third-order valence-corrected chi connectivity index (χ3v) is 8.74. The molecular weight excluding hydrogens is 520 g/mol. The topological polar surface area (TPSA) is 116 Å². The molecule has 0 unspecified atom stereocenters. The number of aliphatic carboxylic acids is 1. The molecule has 222 valence electrons. The van der Waals surface area contributed by atoms with Gasteiger partial charge in [0.1, 0.15) is 12.6 Å². The fourth-order valence-corrected chi connectivity index (χ4v) is 6.11. The van der Waals surface area contributed by atoms with Crippen molar-refractivity contribution in [3.05, 3.63) is 59.7 Å². The number of aliphatic hydroxyl groups excluding tert-OH is 1. The average Bonchev–Trinajstić information content (AvgIpc) is 3.54. The van der Waals surface area contributed by atoms with Crippen molar-refractivity contribution in [1.29, 1.82) is 0 Å². The van der Waals surface area contributed by atoms with E-state index < -0.39 is 30.1 Å². The predicted octanol–water partition coefficient (Wildman–Crippen LogP) is 5.43. The van der Waals surface area contributed by atoms with Crippen molar-refractivity contribution in [3.63, 3.8) is 0 Å². The number of benzene rings is 2. The van der Waals surface area contributed by atoms with Gasteiger partial charge in [-0.25, -0.2) is 4.79 Å². The minimum absolute atomic E-state index is 0.0156. The molecule has 8 nitrogen and oxygen atoms in total. The maximum absolute atomic E-state index is 13.5. The molecule has 41 heavy (non-hydrogen) atoms. The largest absolute Gasteiger partial charge is 0.481 e. The smallest absolute Gasteiger partial charge is 0.410 e. The van der Waals surface area contributed by atoms with E-state index in [0.29, 0.717) is 25.8 Å². The molecule has 0 saturated carbocycles. The highest BCUT2D eigenvalue weighted by Gasteiger charge is 2.39. The molecule has 2 aliphatic rings. The summed E-state index contributed by atoms with van der Waals surface area (Å²) in [6.07, 6.45) is 0.755. The second-order valence-corrected chi connectivity index (χ2v) is 12.9. The Hall–Kier alpha value is -3.39. The maximum Gasteiger partial charge on any atom is 0.410 e. The van der Waals surface area contributed by atoms with Crippen LogP contribution < -0.4 is 5.32 Å². The predicted molar refractivity (Wildman–Crippen MR) is 157 cm³/mol. The molecule has 2 amide bonds. The molecule has 8 heteroatoms. The van der Waals surface area contributed by atoms with Crippen LogP contribution in [0.2, 0.25) is 0 Å². The molecule has 3 N–H and O–H groups in total. The first-order chi connectivity index (χ1) is 19.4. The third-order valence-electron chi connectivity index (χ3n) is 8.74. The summed E-state index contributed by atoms with van der Waals surface area (Å²) in [5.74, 6) is -2.16. The molecule has 1 fully saturated rings. The first-order valence-electron chi connectivity index (χ1n) is 14.7. The lowest BCUT2D eigenvalue weighted by Crippen LogP contribution is -2.52. The summed E-state index contributed by atoms with van der Waals surface area (Å²) in [6.45, 7) is 10.3. The lowest BCUT2D eigenvalue weighted by atomic mass is 9.79. The van der Waals surface area contributed by atoms with Crippen LogP contribution in [0.25, 0.3) is 11.1 Å². The molecule has 1 heterocycles. The van der Waals surface area contributed by atoms with Crippen molar-refractivity contribution in [3.8, 4) is 11.1 Å². The number of nitrogens with one attached hydrogen (secondary N) is 1. The van der Waals surface area contributed by atoms with Crippen molar-refractivity contribution in [2.24, 2.45) is 17.3 Å². The number of ether oxygens (including phenoxy) is 1. The molecule has 2 aromatic rings. The maximum atomic E-state index is 13.5. The Balaban J connectivity index is 1.38. The zero-order chi connectivity index (χ0) is 29.9. The van der Waals surface area contributed by atoms with Crippen LogP contribution in [0.4, 0.5) is 4.79 Å². The van der Waals surface area contributed by atoms with Gasteiger partial charge in [-0.2, -0.15) is 0 Å². The molecule has 1 aliphatic heterocycles.